The molecule has 0 fully saturated rings. The Kier molecular flexibility index (Phi) is 6.73. The van der Waals surface area contributed by atoms with Crippen molar-refractivity contribution in [2.75, 3.05) is 6.54 Å². The number of benzene rings is 1. The summed E-state index contributed by atoms with van der Waals surface area (Å²) >= 11 is 0. The molecular formula is C18H23NO4. The van der Waals surface area contributed by atoms with E-state index in [1.165, 1.54) is 16.7 Å². The summed E-state index contributed by atoms with van der Waals surface area (Å²) in [5, 5.41) is 0. The molecule has 5 heteroatoms. The maximum Gasteiger partial charge on any atom is 0.410 e. The van der Waals surface area contributed by atoms with Crippen LogP contribution in [-0.2, 0) is 27.3 Å². The Morgan fingerprint density at radius 3 is 2.48 bits per heavy atom. The van der Waals surface area contributed by atoms with E-state index in [2.05, 4.69) is 24.3 Å². The largest absolute Gasteiger partial charge is 0.444 e. The molecular weight excluding hydrogens is 294 g/mol. The predicted molar refractivity (Wildman–Crippen MR) is 86.5 cm³/mol. The molecule has 0 aliphatic carbocycles. The van der Waals surface area contributed by atoms with Gasteiger partial charge in [0.2, 0.25) is 0 Å². The zero-order valence-electron chi connectivity index (χ0n) is 14.1. The zero-order valence-corrected chi connectivity index (χ0v) is 14.1. The van der Waals surface area contributed by atoms with Crippen LogP contribution in [0.4, 0.5) is 4.79 Å². The average molecular weight is 317 g/mol. The highest BCUT2D eigenvalue weighted by molar-refractivity contribution is 5.69. The highest BCUT2D eigenvalue weighted by atomic mass is 16.6. The molecule has 0 aromatic heterocycles. The number of hydrogen-bond acceptors (Lipinski definition) is 4. The number of fused-ring (bicyclic) bond motifs is 1. The lowest BCUT2D eigenvalue weighted by molar-refractivity contribution is -0.191. The van der Waals surface area contributed by atoms with Gasteiger partial charge in [0, 0.05) is 13.1 Å². The average Bonchev–Trinajstić information content (AvgIpc) is 2.46. The summed E-state index contributed by atoms with van der Waals surface area (Å²) < 4.78 is 5.43. The van der Waals surface area contributed by atoms with Crippen LogP contribution in [0.3, 0.4) is 0 Å². The molecule has 0 saturated heterocycles. The Hall–Kier alpha value is -2.39. The van der Waals surface area contributed by atoms with E-state index >= 15 is 0 Å². The van der Waals surface area contributed by atoms with Crippen LogP contribution in [0.5, 0.6) is 0 Å². The second kappa shape index (κ2) is 8.30. The SMILES string of the molecule is C/C=C/c1ccc2c(c1)CCN(C(=O)OC(C)(C)C)C2.O=C=O. The van der Waals surface area contributed by atoms with Crippen LogP contribution in [-0.4, -0.2) is 29.3 Å². The van der Waals surface area contributed by atoms with Crippen LogP contribution in [0.25, 0.3) is 6.08 Å². The van der Waals surface area contributed by atoms with Gasteiger partial charge in [0.25, 0.3) is 0 Å². The first-order valence-corrected chi connectivity index (χ1v) is 7.52. The van der Waals surface area contributed by atoms with Gasteiger partial charge in [-0.3, -0.25) is 0 Å². The first-order chi connectivity index (χ1) is 10.8. The van der Waals surface area contributed by atoms with E-state index in [1.807, 2.05) is 33.8 Å². The fourth-order valence-corrected chi connectivity index (χ4v) is 2.35. The van der Waals surface area contributed by atoms with Gasteiger partial charge in [0.1, 0.15) is 5.60 Å². The van der Waals surface area contributed by atoms with Crippen LogP contribution < -0.4 is 0 Å². The number of allylic oxidation sites excluding steroid dienone is 1. The van der Waals surface area contributed by atoms with Crippen LogP contribution in [0, 0.1) is 0 Å². The predicted octanol–water partition coefficient (Wildman–Crippen LogP) is 3.43. The van der Waals surface area contributed by atoms with Gasteiger partial charge in [0.15, 0.2) is 0 Å². The molecule has 124 valence electrons. The Morgan fingerprint density at radius 2 is 1.91 bits per heavy atom. The molecule has 0 bridgehead atoms. The standard InChI is InChI=1S/C17H23NO2.CO2/c1-5-6-13-7-8-15-12-18(10-9-14(15)11-13)16(19)20-17(2,3)4;2-1-3/h5-8,11H,9-10,12H2,1-4H3;/b6-5+;. The van der Waals surface area contributed by atoms with Crippen molar-refractivity contribution >= 4 is 18.3 Å². The molecule has 0 atom stereocenters. The molecule has 0 saturated carbocycles. The molecule has 23 heavy (non-hydrogen) atoms. The third-order valence-electron chi connectivity index (χ3n) is 3.25. The maximum absolute atomic E-state index is 12.1. The second-order valence-electron chi connectivity index (χ2n) is 6.26. The van der Waals surface area contributed by atoms with Crippen molar-refractivity contribution in [2.24, 2.45) is 0 Å². The van der Waals surface area contributed by atoms with Gasteiger partial charge in [-0.15, -0.1) is 0 Å². The molecule has 2 rings (SSSR count). The minimum Gasteiger partial charge on any atom is -0.444 e. The van der Waals surface area contributed by atoms with Crippen LogP contribution in [0.1, 0.15) is 44.4 Å². The summed E-state index contributed by atoms with van der Waals surface area (Å²) in [7, 11) is 0. The van der Waals surface area contributed by atoms with Gasteiger partial charge in [-0.25, -0.2) is 4.79 Å². The Bertz CT molecular complexity index is 608. The fraction of sp³-hybridized carbons (Fsp3) is 0.444. The van der Waals surface area contributed by atoms with E-state index < -0.39 is 5.60 Å². The Balaban J connectivity index is 0.000000816. The maximum atomic E-state index is 12.1. The van der Waals surface area contributed by atoms with E-state index in [1.54, 1.807) is 4.90 Å². The third kappa shape index (κ3) is 6.09. The highest BCUT2D eigenvalue weighted by Crippen LogP contribution is 2.22. The molecule has 1 heterocycles. The summed E-state index contributed by atoms with van der Waals surface area (Å²) in [6, 6.07) is 6.42. The van der Waals surface area contributed by atoms with Gasteiger partial charge >= 0.3 is 12.2 Å². The molecule has 1 aliphatic rings. The topological polar surface area (TPSA) is 63.7 Å². The van der Waals surface area contributed by atoms with E-state index in [4.69, 9.17) is 14.3 Å². The monoisotopic (exact) mass is 317 g/mol. The number of rotatable bonds is 1. The molecule has 1 amide bonds. The summed E-state index contributed by atoms with van der Waals surface area (Å²) in [4.78, 5) is 30.1. The fourth-order valence-electron chi connectivity index (χ4n) is 2.35. The van der Waals surface area contributed by atoms with E-state index in [0.29, 0.717) is 6.54 Å². The van der Waals surface area contributed by atoms with Crippen molar-refractivity contribution in [1.82, 2.24) is 4.90 Å². The summed E-state index contributed by atoms with van der Waals surface area (Å²) in [5.74, 6) is 0. The van der Waals surface area contributed by atoms with Gasteiger partial charge in [-0.05, 0) is 50.8 Å². The lowest BCUT2D eigenvalue weighted by atomic mass is 9.97. The van der Waals surface area contributed by atoms with Gasteiger partial charge in [0.05, 0.1) is 0 Å². The quantitative estimate of drug-likeness (QED) is 0.796. The van der Waals surface area contributed by atoms with Crippen molar-refractivity contribution in [3.63, 3.8) is 0 Å². The Labute approximate surface area is 136 Å². The molecule has 0 spiro atoms. The van der Waals surface area contributed by atoms with Gasteiger partial charge in [-0.1, -0.05) is 30.4 Å². The first kappa shape index (κ1) is 18.7. The number of amides is 1. The number of carbonyl (C=O) groups is 1. The molecule has 1 aliphatic heterocycles. The molecule has 0 N–H and O–H groups in total. The van der Waals surface area contributed by atoms with Crippen LogP contribution in [0.15, 0.2) is 24.3 Å². The van der Waals surface area contributed by atoms with E-state index in [-0.39, 0.29) is 12.2 Å². The smallest absolute Gasteiger partial charge is 0.410 e. The number of hydrogen-bond donors (Lipinski definition) is 0. The van der Waals surface area contributed by atoms with Crippen molar-refractivity contribution < 1.29 is 19.1 Å². The lowest BCUT2D eigenvalue weighted by Crippen LogP contribution is -2.39. The lowest BCUT2D eigenvalue weighted by Gasteiger charge is -2.31. The summed E-state index contributed by atoms with van der Waals surface area (Å²) in [5.41, 5.74) is 3.33. The van der Waals surface area contributed by atoms with Crippen LogP contribution >= 0.6 is 0 Å². The molecule has 1 aromatic rings. The minimum absolute atomic E-state index is 0.222. The Morgan fingerprint density at radius 1 is 1.26 bits per heavy atom. The highest BCUT2D eigenvalue weighted by Gasteiger charge is 2.25. The van der Waals surface area contributed by atoms with Crippen molar-refractivity contribution in [3.8, 4) is 0 Å². The summed E-state index contributed by atoms with van der Waals surface area (Å²) in [6.07, 6.45) is 5.05. The zero-order chi connectivity index (χ0) is 17.5. The molecule has 1 aromatic carbocycles. The normalized spacial score (nSPS) is 13.7. The number of ether oxygens (including phenoxy) is 1. The minimum atomic E-state index is -0.437. The van der Waals surface area contributed by atoms with E-state index in [9.17, 15) is 4.79 Å². The summed E-state index contributed by atoms with van der Waals surface area (Å²) in [6.45, 7) is 9.07. The van der Waals surface area contributed by atoms with E-state index in [0.717, 1.165) is 13.0 Å². The third-order valence-corrected chi connectivity index (χ3v) is 3.25. The van der Waals surface area contributed by atoms with Crippen molar-refractivity contribution in [3.05, 3.63) is 41.0 Å². The number of carbonyl (C=O) groups excluding carboxylic acids is 3. The van der Waals surface area contributed by atoms with Crippen LogP contribution in [0.2, 0.25) is 0 Å². The van der Waals surface area contributed by atoms with Gasteiger partial charge < -0.3 is 9.64 Å². The molecule has 0 unspecified atom stereocenters. The van der Waals surface area contributed by atoms with Gasteiger partial charge in [-0.2, -0.15) is 9.59 Å². The first-order valence-electron chi connectivity index (χ1n) is 7.52. The second-order valence-corrected chi connectivity index (χ2v) is 6.26. The van der Waals surface area contributed by atoms with Crippen molar-refractivity contribution in [2.45, 2.75) is 46.3 Å². The molecule has 0 radical (unpaired) electrons. The molecule has 5 nitrogen and oxygen atoms in total. The van der Waals surface area contributed by atoms with Crippen molar-refractivity contribution in [1.29, 1.82) is 0 Å². The number of nitrogens with zero attached hydrogens (tertiary/aromatic N) is 1.